The van der Waals surface area contributed by atoms with Crippen LogP contribution in [0.5, 0.6) is 0 Å². The van der Waals surface area contributed by atoms with Gasteiger partial charge in [0.25, 0.3) is 0 Å². The molecule has 0 aliphatic rings. The Morgan fingerprint density at radius 3 is 2.88 bits per heavy atom. The van der Waals surface area contributed by atoms with Gasteiger partial charge in [-0.3, -0.25) is 0 Å². The molecular formula is C13H15BrClN. The molecule has 86 valence electrons. The summed E-state index contributed by atoms with van der Waals surface area (Å²) in [5.74, 6) is 2.64. The van der Waals surface area contributed by atoms with Gasteiger partial charge < -0.3 is 5.32 Å². The molecule has 0 aliphatic heterocycles. The van der Waals surface area contributed by atoms with Gasteiger partial charge in [-0.25, -0.2) is 0 Å². The molecule has 1 rings (SSSR count). The molecule has 0 saturated carbocycles. The van der Waals surface area contributed by atoms with Crippen molar-refractivity contribution in [2.24, 2.45) is 0 Å². The summed E-state index contributed by atoms with van der Waals surface area (Å²) in [6, 6.07) is 5.97. The van der Waals surface area contributed by atoms with Crippen molar-refractivity contribution >= 4 is 27.5 Å². The fraction of sp³-hybridized carbons (Fsp3) is 0.385. The predicted molar refractivity (Wildman–Crippen MR) is 73.5 cm³/mol. The Morgan fingerprint density at radius 2 is 2.19 bits per heavy atom. The van der Waals surface area contributed by atoms with Gasteiger partial charge in [0.2, 0.25) is 0 Å². The second-order valence-corrected chi connectivity index (χ2v) is 4.85. The minimum absolute atomic E-state index is 0.748. The highest BCUT2D eigenvalue weighted by Crippen LogP contribution is 2.22. The van der Waals surface area contributed by atoms with Crippen LogP contribution in [-0.2, 0) is 6.54 Å². The molecule has 1 aromatic carbocycles. The first kappa shape index (κ1) is 13.6. The maximum absolute atomic E-state index is 5.91. The Kier molecular flexibility index (Phi) is 6.56. The molecule has 3 heteroatoms. The van der Waals surface area contributed by atoms with E-state index in [1.165, 1.54) is 5.56 Å². The zero-order valence-electron chi connectivity index (χ0n) is 9.10. The SMILES string of the molecule is C#CCCCCNCc1ccc(Cl)c(Br)c1. The number of rotatable bonds is 6. The molecule has 0 spiro atoms. The maximum atomic E-state index is 5.91. The van der Waals surface area contributed by atoms with Crippen molar-refractivity contribution in [3.05, 3.63) is 33.3 Å². The van der Waals surface area contributed by atoms with Crippen molar-refractivity contribution in [3.63, 3.8) is 0 Å². The van der Waals surface area contributed by atoms with E-state index in [0.29, 0.717) is 0 Å². The maximum Gasteiger partial charge on any atom is 0.0548 e. The van der Waals surface area contributed by atoms with E-state index in [4.69, 9.17) is 18.0 Å². The van der Waals surface area contributed by atoms with E-state index in [1.54, 1.807) is 0 Å². The molecule has 0 unspecified atom stereocenters. The van der Waals surface area contributed by atoms with Gasteiger partial charge in [-0.05, 0) is 53.0 Å². The zero-order chi connectivity index (χ0) is 11.8. The Hall–Kier alpha value is -0.490. The topological polar surface area (TPSA) is 12.0 Å². The highest BCUT2D eigenvalue weighted by atomic mass is 79.9. The van der Waals surface area contributed by atoms with E-state index >= 15 is 0 Å². The fourth-order valence-electron chi connectivity index (χ4n) is 1.36. The van der Waals surface area contributed by atoms with Crippen LogP contribution in [0.1, 0.15) is 24.8 Å². The fourth-order valence-corrected chi connectivity index (χ4v) is 1.90. The van der Waals surface area contributed by atoms with Crippen LogP contribution < -0.4 is 5.32 Å². The number of nitrogens with one attached hydrogen (secondary N) is 1. The smallest absolute Gasteiger partial charge is 0.0548 e. The Bertz CT molecular complexity index is 371. The third-order valence-electron chi connectivity index (χ3n) is 2.24. The molecule has 0 aliphatic carbocycles. The molecule has 0 aromatic heterocycles. The second-order valence-electron chi connectivity index (χ2n) is 3.59. The monoisotopic (exact) mass is 299 g/mol. The molecule has 0 saturated heterocycles. The summed E-state index contributed by atoms with van der Waals surface area (Å²) in [6.07, 6.45) is 8.26. The van der Waals surface area contributed by atoms with E-state index in [9.17, 15) is 0 Å². The standard InChI is InChI=1S/C13H15BrClN/c1-2-3-4-5-8-16-10-11-6-7-13(15)12(14)9-11/h1,6-7,9,16H,3-5,8,10H2. The zero-order valence-corrected chi connectivity index (χ0v) is 11.4. The van der Waals surface area contributed by atoms with Gasteiger partial charge in [-0.15, -0.1) is 12.3 Å². The molecule has 1 nitrogen and oxygen atoms in total. The predicted octanol–water partition coefficient (Wildman–Crippen LogP) is 4.00. The van der Waals surface area contributed by atoms with Crippen molar-refractivity contribution in [2.45, 2.75) is 25.8 Å². The van der Waals surface area contributed by atoms with E-state index in [1.807, 2.05) is 18.2 Å². The van der Waals surface area contributed by atoms with Crippen LogP contribution >= 0.6 is 27.5 Å². The van der Waals surface area contributed by atoms with E-state index < -0.39 is 0 Å². The lowest BCUT2D eigenvalue weighted by Crippen LogP contribution is -2.14. The summed E-state index contributed by atoms with van der Waals surface area (Å²) >= 11 is 9.32. The number of hydrogen-bond donors (Lipinski definition) is 1. The second kappa shape index (κ2) is 7.73. The first-order chi connectivity index (χ1) is 7.74. The summed E-state index contributed by atoms with van der Waals surface area (Å²) < 4.78 is 0.945. The van der Waals surface area contributed by atoms with Crippen LogP contribution in [0.2, 0.25) is 5.02 Å². The Morgan fingerprint density at radius 1 is 1.38 bits per heavy atom. The van der Waals surface area contributed by atoms with Crippen molar-refractivity contribution < 1.29 is 0 Å². The number of hydrogen-bond acceptors (Lipinski definition) is 1. The molecule has 0 heterocycles. The van der Waals surface area contributed by atoms with Gasteiger partial charge in [-0.2, -0.15) is 0 Å². The van der Waals surface area contributed by atoms with Crippen LogP contribution in [0.4, 0.5) is 0 Å². The number of benzene rings is 1. The minimum Gasteiger partial charge on any atom is -0.313 e. The normalized spacial score (nSPS) is 10.1. The van der Waals surface area contributed by atoms with Gasteiger partial charge in [0.1, 0.15) is 0 Å². The molecule has 0 fully saturated rings. The largest absolute Gasteiger partial charge is 0.313 e. The number of terminal acetylenes is 1. The molecule has 0 atom stereocenters. The third kappa shape index (κ3) is 5.03. The van der Waals surface area contributed by atoms with Gasteiger partial charge in [-0.1, -0.05) is 17.7 Å². The summed E-state index contributed by atoms with van der Waals surface area (Å²) in [5, 5.41) is 4.12. The van der Waals surface area contributed by atoms with Crippen molar-refractivity contribution in [2.75, 3.05) is 6.54 Å². The van der Waals surface area contributed by atoms with Gasteiger partial charge in [0.05, 0.1) is 5.02 Å². The highest BCUT2D eigenvalue weighted by molar-refractivity contribution is 9.10. The van der Waals surface area contributed by atoms with Crippen LogP contribution in [0.3, 0.4) is 0 Å². The first-order valence-electron chi connectivity index (χ1n) is 5.32. The van der Waals surface area contributed by atoms with Gasteiger partial charge >= 0.3 is 0 Å². The van der Waals surface area contributed by atoms with Crippen molar-refractivity contribution in [1.29, 1.82) is 0 Å². The Labute approximate surface area is 111 Å². The lowest BCUT2D eigenvalue weighted by molar-refractivity contribution is 0.629. The molecule has 0 bridgehead atoms. The van der Waals surface area contributed by atoms with Crippen LogP contribution in [0.15, 0.2) is 22.7 Å². The van der Waals surface area contributed by atoms with Crippen molar-refractivity contribution in [3.8, 4) is 12.3 Å². The number of halogens is 2. The van der Waals surface area contributed by atoms with E-state index in [2.05, 4.69) is 27.2 Å². The lowest BCUT2D eigenvalue weighted by atomic mass is 10.2. The van der Waals surface area contributed by atoms with E-state index in [-0.39, 0.29) is 0 Å². The summed E-state index contributed by atoms with van der Waals surface area (Å²) in [4.78, 5) is 0. The molecule has 0 radical (unpaired) electrons. The van der Waals surface area contributed by atoms with Gasteiger partial charge in [0.15, 0.2) is 0 Å². The van der Waals surface area contributed by atoms with E-state index in [0.717, 1.165) is 41.8 Å². The molecule has 1 aromatic rings. The average molecular weight is 301 g/mol. The van der Waals surface area contributed by atoms with Crippen LogP contribution in [0, 0.1) is 12.3 Å². The molecular weight excluding hydrogens is 286 g/mol. The van der Waals surface area contributed by atoms with Crippen LogP contribution in [-0.4, -0.2) is 6.54 Å². The summed E-state index contributed by atoms with van der Waals surface area (Å²) in [5.41, 5.74) is 1.23. The Balaban J connectivity index is 2.22. The summed E-state index contributed by atoms with van der Waals surface area (Å²) in [7, 11) is 0. The first-order valence-corrected chi connectivity index (χ1v) is 6.49. The number of unbranched alkanes of at least 4 members (excludes halogenated alkanes) is 2. The third-order valence-corrected chi connectivity index (χ3v) is 3.45. The molecule has 16 heavy (non-hydrogen) atoms. The summed E-state index contributed by atoms with van der Waals surface area (Å²) in [6.45, 7) is 1.87. The van der Waals surface area contributed by atoms with Crippen molar-refractivity contribution in [1.82, 2.24) is 5.32 Å². The quantitative estimate of drug-likeness (QED) is 0.618. The average Bonchev–Trinajstić information content (AvgIpc) is 2.28. The molecule has 0 amide bonds. The van der Waals surface area contributed by atoms with Crippen LogP contribution in [0.25, 0.3) is 0 Å². The lowest BCUT2D eigenvalue weighted by Gasteiger charge is -2.05. The minimum atomic E-state index is 0.748. The molecule has 1 N–H and O–H groups in total. The van der Waals surface area contributed by atoms with Gasteiger partial charge in [0, 0.05) is 17.4 Å². The highest BCUT2D eigenvalue weighted by Gasteiger charge is 1.98.